The maximum Gasteiger partial charge on any atom is 0.253 e. The number of carbonyl (C=O) groups is 1. The van der Waals surface area contributed by atoms with Crippen LogP contribution in [0.2, 0.25) is 5.02 Å². The fourth-order valence-corrected chi connectivity index (χ4v) is 3.20. The van der Waals surface area contributed by atoms with E-state index < -0.39 is 11.5 Å². The molecule has 3 rings (SSSR count). The van der Waals surface area contributed by atoms with Gasteiger partial charge in [0.2, 0.25) is 0 Å². The molecule has 1 aromatic heterocycles. The Labute approximate surface area is 156 Å². The number of nitrogens with one attached hydrogen (secondary N) is 1. The molecule has 1 aliphatic rings. The van der Waals surface area contributed by atoms with Crippen molar-refractivity contribution in [2.24, 2.45) is 0 Å². The van der Waals surface area contributed by atoms with Crippen molar-refractivity contribution in [2.45, 2.75) is 25.1 Å². The number of pyridine rings is 1. The highest BCUT2D eigenvalue weighted by Crippen LogP contribution is 2.27. The maximum absolute atomic E-state index is 14.9. The molecule has 26 heavy (non-hydrogen) atoms. The van der Waals surface area contributed by atoms with Crippen LogP contribution in [-0.2, 0) is 6.54 Å². The zero-order valence-electron chi connectivity index (χ0n) is 14.2. The second-order valence-corrected chi connectivity index (χ2v) is 6.90. The smallest absolute Gasteiger partial charge is 0.253 e. The molecular formula is C19H20ClF2N3O. The van der Waals surface area contributed by atoms with Gasteiger partial charge in [-0.1, -0.05) is 17.7 Å². The number of alkyl halides is 1. The van der Waals surface area contributed by atoms with E-state index in [1.54, 1.807) is 11.1 Å². The molecule has 0 atom stereocenters. The van der Waals surface area contributed by atoms with Crippen LogP contribution in [0.3, 0.4) is 0 Å². The summed E-state index contributed by atoms with van der Waals surface area (Å²) in [5, 5.41) is 3.01. The molecule has 1 N–H and O–H groups in total. The summed E-state index contributed by atoms with van der Waals surface area (Å²) in [4.78, 5) is 18.2. The molecular weight excluding hydrogens is 360 g/mol. The third kappa shape index (κ3) is 4.56. The number of halogens is 3. The zero-order chi connectivity index (χ0) is 18.6. The van der Waals surface area contributed by atoms with Crippen molar-refractivity contribution < 1.29 is 13.6 Å². The van der Waals surface area contributed by atoms with Gasteiger partial charge in [0, 0.05) is 50.8 Å². The van der Waals surface area contributed by atoms with Crippen molar-refractivity contribution in [1.82, 2.24) is 15.2 Å². The molecule has 0 saturated carbocycles. The second kappa shape index (κ2) is 8.10. The topological polar surface area (TPSA) is 45.2 Å². The SMILES string of the molecule is O=C(c1ccc(F)c(Cl)c1)N1CCC(F)(CNCc2ccccn2)CC1. The molecule has 1 aliphatic heterocycles. The number of amides is 1. The Balaban J connectivity index is 1.51. The lowest BCUT2D eigenvalue weighted by atomic mass is 9.92. The van der Waals surface area contributed by atoms with Crippen LogP contribution in [0.4, 0.5) is 8.78 Å². The van der Waals surface area contributed by atoms with E-state index in [2.05, 4.69) is 10.3 Å². The minimum atomic E-state index is -1.36. The maximum atomic E-state index is 14.9. The van der Waals surface area contributed by atoms with Crippen LogP contribution in [0.5, 0.6) is 0 Å². The van der Waals surface area contributed by atoms with E-state index in [0.717, 1.165) is 5.69 Å². The number of aromatic nitrogens is 1. The highest BCUT2D eigenvalue weighted by molar-refractivity contribution is 6.31. The molecule has 1 aromatic carbocycles. The van der Waals surface area contributed by atoms with E-state index in [1.165, 1.54) is 18.2 Å². The van der Waals surface area contributed by atoms with Crippen LogP contribution in [0.15, 0.2) is 42.6 Å². The molecule has 138 valence electrons. The van der Waals surface area contributed by atoms with Gasteiger partial charge >= 0.3 is 0 Å². The van der Waals surface area contributed by atoms with Gasteiger partial charge < -0.3 is 10.2 Å². The van der Waals surface area contributed by atoms with Crippen molar-refractivity contribution in [3.8, 4) is 0 Å². The highest BCUT2D eigenvalue weighted by atomic mass is 35.5. The number of hydrogen-bond acceptors (Lipinski definition) is 3. The van der Waals surface area contributed by atoms with Crippen LogP contribution >= 0.6 is 11.6 Å². The van der Waals surface area contributed by atoms with Gasteiger partial charge in [-0.2, -0.15) is 0 Å². The van der Waals surface area contributed by atoms with E-state index in [-0.39, 0.29) is 30.3 Å². The lowest BCUT2D eigenvalue weighted by Gasteiger charge is -2.36. The summed E-state index contributed by atoms with van der Waals surface area (Å²) < 4.78 is 28.2. The number of hydrogen-bond donors (Lipinski definition) is 1. The fourth-order valence-electron chi connectivity index (χ4n) is 3.02. The van der Waals surface area contributed by atoms with Gasteiger partial charge in [0.25, 0.3) is 5.91 Å². The number of piperidine rings is 1. The van der Waals surface area contributed by atoms with Crippen LogP contribution in [0.1, 0.15) is 28.9 Å². The molecule has 2 aromatic rings. The molecule has 1 saturated heterocycles. The van der Waals surface area contributed by atoms with Crippen LogP contribution in [0, 0.1) is 5.82 Å². The van der Waals surface area contributed by atoms with E-state index >= 15 is 0 Å². The Bertz CT molecular complexity index is 765. The summed E-state index contributed by atoms with van der Waals surface area (Å²) in [7, 11) is 0. The predicted octanol–water partition coefficient (Wildman–Crippen LogP) is 3.61. The lowest BCUT2D eigenvalue weighted by Crippen LogP contribution is -2.48. The van der Waals surface area contributed by atoms with E-state index in [9.17, 15) is 13.6 Å². The molecule has 0 radical (unpaired) electrons. The summed E-state index contributed by atoms with van der Waals surface area (Å²) >= 11 is 5.73. The predicted molar refractivity (Wildman–Crippen MR) is 96.3 cm³/mol. The molecule has 0 spiro atoms. The number of carbonyl (C=O) groups excluding carboxylic acids is 1. The lowest BCUT2D eigenvalue weighted by molar-refractivity contribution is 0.0434. The monoisotopic (exact) mass is 379 g/mol. The van der Waals surface area contributed by atoms with Crippen molar-refractivity contribution >= 4 is 17.5 Å². The summed E-state index contributed by atoms with van der Waals surface area (Å²) in [5.41, 5.74) is -0.181. The zero-order valence-corrected chi connectivity index (χ0v) is 15.0. The van der Waals surface area contributed by atoms with Gasteiger partial charge in [-0.25, -0.2) is 8.78 Å². The van der Waals surface area contributed by atoms with Crippen molar-refractivity contribution in [3.63, 3.8) is 0 Å². The molecule has 1 amide bonds. The van der Waals surface area contributed by atoms with Crippen LogP contribution in [0.25, 0.3) is 0 Å². The minimum absolute atomic E-state index is 0.0913. The number of likely N-dealkylation sites (tertiary alicyclic amines) is 1. The van der Waals surface area contributed by atoms with Gasteiger partial charge in [-0.3, -0.25) is 9.78 Å². The average Bonchev–Trinajstić information content (AvgIpc) is 2.65. The molecule has 0 unspecified atom stereocenters. The minimum Gasteiger partial charge on any atom is -0.338 e. The Morgan fingerprint density at radius 1 is 1.27 bits per heavy atom. The summed E-state index contributed by atoms with van der Waals surface area (Å²) in [5.74, 6) is -0.820. The normalized spacial score (nSPS) is 16.5. The van der Waals surface area contributed by atoms with Crippen molar-refractivity contribution in [3.05, 3.63) is 64.7 Å². The largest absolute Gasteiger partial charge is 0.338 e. The first-order valence-electron chi connectivity index (χ1n) is 8.51. The van der Waals surface area contributed by atoms with Crippen LogP contribution < -0.4 is 5.32 Å². The quantitative estimate of drug-likeness (QED) is 0.863. The summed E-state index contributed by atoms with van der Waals surface area (Å²) in [6.45, 7) is 1.35. The third-order valence-electron chi connectivity index (χ3n) is 4.59. The second-order valence-electron chi connectivity index (χ2n) is 6.50. The molecule has 4 nitrogen and oxygen atoms in total. The number of nitrogens with zero attached hydrogens (tertiary/aromatic N) is 2. The first-order chi connectivity index (χ1) is 12.5. The molecule has 2 heterocycles. The molecule has 7 heteroatoms. The third-order valence-corrected chi connectivity index (χ3v) is 4.88. The van der Waals surface area contributed by atoms with Gasteiger partial charge in [0.05, 0.1) is 10.7 Å². The first kappa shape index (κ1) is 18.7. The van der Waals surface area contributed by atoms with Gasteiger partial charge in [0.15, 0.2) is 0 Å². The van der Waals surface area contributed by atoms with E-state index in [0.29, 0.717) is 25.2 Å². The van der Waals surface area contributed by atoms with Crippen molar-refractivity contribution in [2.75, 3.05) is 19.6 Å². The van der Waals surface area contributed by atoms with Crippen molar-refractivity contribution in [1.29, 1.82) is 0 Å². The van der Waals surface area contributed by atoms with E-state index in [1.807, 2.05) is 18.2 Å². The van der Waals surface area contributed by atoms with Gasteiger partial charge in [-0.05, 0) is 30.3 Å². The molecule has 1 fully saturated rings. The summed E-state index contributed by atoms with van der Waals surface area (Å²) in [6, 6.07) is 9.48. The Morgan fingerprint density at radius 2 is 2.04 bits per heavy atom. The standard InChI is InChI=1S/C19H20ClF2N3O/c20-16-11-14(4-5-17(16)21)18(26)25-9-6-19(22,7-10-25)13-23-12-15-3-1-2-8-24-15/h1-5,8,11,23H,6-7,9-10,12-13H2. The fraction of sp³-hybridized carbons (Fsp3) is 0.368. The van der Waals surface area contributed by atoms with Gasteiger partial charge in [0.1, 0.15) is 11.5 Å². The summed E-state index contributed by atoms with van der Waals surface area (Å²) in [6.07, 6.45) is 2.21. The number of rotatable bonds is 5. The molecule has 0 bridgehead atoms. The Hall–Kier alpha value is -2.05. The first-order valence-corrected chi connectivity index (χ1v) is 8.88. The van der Waals surface area contributed by atoms with E-state index in [4.69, 9.17) is 11.6 Å². The van der Waals surface area contributed by atoms with Crippen LogP contribution in [-0.4, -0.2) is 41.1 Å². The highest BCUT2D eigenvalue weighted by Gasteiger charge is 2.35. The molecule has 0 aliphatic carbocycles. The number of benzene rings is 1. The Kier molecular flexibility index (Phi) is 5.84. The van der Waals surface area contributed by atoms with Gasteiger partial charge in [-0.15, -0.1) is 0 Å². The Morgan fingerprint density at radius 3 is 2.69 bits per heavy atom. The average molecular weight is 380 g/mol.